The number of fused-ring (bicyclic) bond motifs is 1. The topological polar surface area (TPSA) is 65.8 Å². The smallest absolute Gasteiger partial charge is 0.229 e. The first-order chi connectivity index (χ1) is 15.8. The Morgan fingerprint density at radius 1 is 0.879 bits per heavy atom. The van der Waals surface area contributed by atoms with E-state index in [1.807, 2.05) is 0 Å². The Hall–Kier alpha value is -1.97. The largest absolute Gasteiger partial charge is 0.373 e. The molecular weight excluding hydrogens is 416 g/mol. The zero-order valence-corrected chi connectivity index (χ0v) is 21.2. The lowest BCUT2D eigenvalue weighted by molar-refractivity contribution is -0.0826. The van der Waals surface area contributed by atoms with Crippen LogP contribution in [0.25, 0.3) is 11.2 Å². The number of likely N-dealkylation sites (N-methyl/N-ethyl adjacent to an activating group) is 1. The minimum atomic E-state index is 0.319. The number of aromatic nitrogens is 4. The lowest BCUT2D eigenvalue weighted by atomic mass is 10.0. The number of anilines is 2. The van der Waals surface area contributed by atoms with Gasteiger partial charge in [0.1, 0.15) is 11.3 Å². The van der Waals surface area contributed by atoms with Gasteiger partial charge >= 0.3 is 0 Å². The molecule has 0 aliphatic carbocycles. The van der Waals surface area contributed by atoms with Crippen LogP contribution in [0.15, 0.2) is 0 Å². The molecule has 3 saturated heterocycles. The minimum absolute atomic E-state index is 0.319. The van der Waals surface area contributed by atoms with E-state index in [1.54, 1.807) is 0 Å². The lowest BCUT2D eigenvalue weighted by Crippen LogP contribution is -2.53. The molecule has 9 nitrogen and oxygen atoms in total. The van der Waals surface area contributed by atoms with Crippen LogP contribution in [0.4, 0.5) is 11.8 Å². The van der Waals surface area contributed by atoms with Gasteiger partial charge in [-0.2, -0.15) is 9.97 Å². The number of hydrogen-bond donors (Lipinski definition) is 0. The van der Waals surface area contributed by atoms with Gasteiger partial charge in [0.25, 0.3) is 0 Å². The van der Waals surface area contributed by atoms with Crippen molar-refractivity contribution in [3.8, 4) is 0 Å². The van der Waals surface area contributed by atoms with Gasteiger partial charge in [-0.25, -0.2) is 4.98 Å². The highest BCUT2D eigenvalue weighted by atomic mass is 16.5. The molecule has 182 valence electrons. The summed E-state index contributed by atoms with van der Waals surface area (Å²) in [6.07, 6.45) is 4.10. The van der Waals surface area contributed by atoms with Crippen molar-refractivity contribution in [2.45, 2.75) is 64.3 Å². The summed E-state index contributed by atoms with van der Waals surface area (Å²) in [5.74, 6) is 2.86. The Bertz CT molecular complexity index is 972. The molecule has 0 N–H and O–H groups in total. The summed E-state index contributed by atoms with van der Waals surface area (Å²) in [5, 5.41) is 0. The first-order valence-electron chi connectivity index (χ1n) is 12.6. The fraction of sp³-hybridized carbons (Fsp3) is 0.792. The molecule has 0 bridgehead atoms. The molecule has 3 fully saturated rings. The molecule has 5 heterocycles. The van der Waals surface area contributed by atoms with Gasteiger partial charge in [-0.15, -0.1) is 0 Å². The van der Waals surface area contributed by atoms with Gasteiger partial charge in [0.05, 0.1) is 12.2 Å². The van der Waals surface area contributed by atoms with Gasteiger partial charge in [0, 0.05) is 58.4 Å². The Morgan fingerprint density at radius 3 is 2.18 bits per heavy atom. The lowest BCUT2D eigenvalue weighted by Gasteiger charge is -2.43. The van der Waals surface area contributed by atoms with E-state index in [0.29, 0.717) is 24.3 Å². The maximum atomic E-state index is 5.96. The van der Waals surface area contributed by atoms with Gasteiger partial charge in [0.2, 0.25) is 5.95 Å². The quantitative estimate of drug-likeness (QED) is 0.691. The van der Waals surface area contributed by atoms with Crippen LogP contribution >= 0.6 is 0 Å². The number of nitrogens with zero attached hydrogens (tertiary/aromatic N) is 8. The van der Waals surface area contributed by atoms with E-state index >= 15 is 0 Å². The highest BCUT2D eigenvalue weighted by Gasteiger charge is 2.33. The van der Waals surface area contributed by atoms with E-state index in [4.69, 9.17) is 19.7 Å². The number of hydrogen-bond acceptors (Lipinski definition) is 8. The summed E-state index contributed by atoms with van der Waals surface area (Å²) >= 11 is 0. The fourth-order valence-corrected chi connectivity index (χ4v) is 5.85. The molecule has 2 aromatic rings. The highest BCUT2D eigenvalue weighted by Crippen LogP contribution is 2.31. The number of rotatable bonds is 4. The maximum Gasteiger partial charge on any atom is 0.229 e. The van der Waals surface area contributed by atoms with Crippen LogP contribution in [0.1, 0.15) is 38.9 Å². The second-order valence-corrected chi connectivity index (χ2v) is 10.5. The van der Waals surface area contributed by atoms with Crippen molar-refractivity contribution in [3.05, 3.63) is 5.82 Å². The summed E-state index contributed by atoms with van der Waals surface area (Å²) < 4.78 is 8.11. The summed E-state index contributed by atoms with van der Waals surface area (Å²) in [4.78, 5) is 24.6. The summed E-state index contributed by atoms with van der Waals surface area (Å²) in [6.45, 7) is 12.5. The van der Waals surface area contributed by atoms with Crippen LogP contribution in [0.3, 0.4) is 0 Å². The zero-order valence-electron chi connectivity index (χ0n) is 21.2. The van der Waals surface area contributed by atoms with E-state index < -0.39 is 0 Å². The highest BCUT2D eigenvalue weighted by molar-refractivity contribution is 5.86. The molecular formula is C24H40N8O. The number of aryl methyl sites for hydroxylation is 2. The molecule has 3 atom stereocenters. The van der Waals surface area contributed by atoms with Gasteiger partial charge in [-0.3, -0.25) is 4.90 Å². The van der Waals surface area contributed by atoms with Crippen LogP contribution in [0, 0.1) is 6.92 Å². The monoisotopic (exact) mass is 456 g/mol. The standard InChI is InChI=1S/C24H40N8O/c1-16-13-32(14-17(2)33-16)19-7-10-30(11-8-19)23-21-22(25-18(3)29(21)6)26-24(27-23)31-12-9-20(15-31)28(4)5/h16-17,19-20H,7-15H2,1-6H3/t16-,17+,20-/m1/s1. The first-order valence-corrected chi connectivity index (χ1v) is 12.6. The van der Waals surface area contributed by atoms with Crippen molar-refractivity contribution in [2.24, 2.45) is 7.05 Å². The molecule has 33 heavy (non-hydrogen) atoms. The molecule has 0 radical (unpaired) electrons. The first kappa shape index (κ1) is 22.8. The van der Waals surface area contributed by atoms with E-state index in [9.17, 15) is 0 Å². The van der Waals surface area contributed by atoms with Gasteiger partial charge < -0.3 is 24.0 Å². The van der Waals surface area contributed by atoms with Crippen LogP contribution in [-0.4, -0.2) is 107 Å². The number of morpholine rings is 1. The predicted molar refractivity (Wildman–Crippen MR) is 132 cm³/mol. The Kier molecular flexibility index (Phi) is 6.22. The Morgan fingerprint density at radius 2 is 1.55 bits per heavy atom. The molecule has 5 rings (SSSR count). The maximum absolute atomic E-state index is 5.96. The van der Waals surface area contributed by atoms with Gasteiger partial charge in [0.15, 0.2) is 11.5 Å². The van der Waals surface area contributed by atoms with Crippen molar-refractivity contribution in [1.82, 2.24) is 29.3 Å². The van der Waals surface area contributed by atoms with Crippen molar-refractivity contribution < 1.29 is 4.74 Å². The molecule has 2 aromatic heterocycles. The van der Waals surface area contributed by atoms with Crippen LogP contribution in [0.2, 0.25) is 0 Å². The third-order valence-corrected chi connectivity index (χ3v) is 7.83. The molecule has 0 unspecified atom stereocenters. The second-order valence-electron chi connectivity index (χ2n) is 10.5. The molecule has 0 saturated carbocycles. The molecule has 3 aliphatic heterocycles. The Labute approximate surface area is 197 Å². The molecule has 3 aliphatic rings. The third kappa shape index (κ3) is 4.42. The average molecular weight is 457 g/mol. The zero-order chi connectivity index (χ0) is 23.3. The molecule has 0 spiro atoms. The second kappa shape index (κ2) is 9.00. The summed E-state index contributed by atoms with van der Waals surface area (Å²) in [6, 6.07) is 1.17. The van der Waals surface area contributed by atoms with Crippen molar-refractivity contribution in [3.63, 3.8) is 0 Å². The van der Waals surface area contributed by atoms with Crippen LogP contribution in [-0.2, 0) is 11.8 Å². The van der Waals surface area contributed by atoms with Crippen LogP contribution < -0.4 is 9.80 Å². The third-order valence-electron chi connectivity index (χ3n) is 7.83. The van der Waals surface area contributed by atoms with Crippen molar-refractivity contribution >= 4 is 22.9 Å². The summed E-state index contributed by atoms with van der Waals surface area (Å²) in [7, 11) is 6.40. The number of piperidine rings is 1. The van der Waals surface area contributed by atoms with E-state index in [-0.39, 0.29) is 0 Å². The van der Waals surface area contributed by atoms with E-state index in [1.165, 1.54) is 0 Å². The minimum Gasteiger partial charge on any atom is -0.373 e. The molecule has 9 heteroatoms. The summed E-state index contributed by atoms with van der Waals surface area (Å²) in [5.41, 5.74) is 1.88. The molecule has 0 aromatic carbocycles. The number of imidazole rings is 1. The average Bonchev–Trinajstić information content (AvgIpc) is 3.38. The number of ether oxygens (including phenoxy) is 1. The van der Waals surface area contributed by atoms with E-state index in [2.05, 4.69) is 66.1 Å². The fourth-order valence-electron chi connectivity index (χ4n) is 5.85. The van der Waals surface area contributed by atoms with Crippen molar-refractivity contribution in [1.29, 1.82) is 0 Å². The molecule has 0 amide bonds. The van der Waals surface area contributed by atoms with E-state index in [0.717, 1.165) is 87.3 Å². The van der Waals surface area contributed by atoms with Gasteiger partial charge in [-0.05, 0) is 54.1 Å². The van der Waals surface area contributed by atoms with Gasteiger partial charge in [-0.1, -0.05) is 0 Å². The predicted octanol–water partition coefficient (Wildman–Crippen LogP) is 1.89. The SMILES string of the molecule is Cc1nc2nc(N3CC[C@@H](N(C)C)C3)nc(N3CCC(N4C[C@@H](C)O[C@@H](C)C4)CC3)c2n1C. The Balaban J connectivity index is 1.38. The normalized spacial score (nSPS) is 27.9. The van der Waals surface area contributed by atoms with Crippen molar-refractivity contribution in [2.75, 3.05) is 63.2 Å². The van der Waals surface area contributed by atoms with Crippen LogP contribution in [0.5, 0.6) is 0 Å².